The van der Waals surface area contributed by atoms with Gasteiger partial charge >= 0.3 is 0 Å². The van der Waals surface area contributed by atoms with Crippen molar-refractivity contribution < 1.29 is 5.11 Å². The summed E-state index contributed by atoms with van der Waals surface area (Å²) >= 11 is 0. The monoisotopic (exact) mass is 100 g/mol. The molecule has 0 heterocycles. The third-order valence-electron chi connectivity index (χ3n) is 0.341. The Balaban J connectivity index is 0. The largest absolute Gasteiger partial charge is 0.389 e. The van der Waals surface area contributed by atoms with Gasteiger partial charge in [-0.25, -0.2) is 0 Å². The molecule has 1 atom stereocenters. The molecule has 0 amide bonds. The molecule has 0 saturated heterocycles. The number of aliphatic hydroxyl groups excluding tert-OH is 1. The van der Waals surface area contributed by atoms with Gasteiger partial charge in [-0.3, -0.25) is 0 Å². The van der Waals surface area contributed by atoms with Gasteiger partial charge in [-0.15, -0.1) is 19.7 Å². The predicted octanol–water partition coefficient (Wildman–Crippen LogP) is 1.36. The van der Waals surface area contributed by atoms with E-state index in [1.807, 2.05) is 0 Å². The molecule has 0 aromatic rings. The van der Waals surface area contributed by atoms with Crippen LogP contribution in [0.4, 0.5) is 0 Å². The normalized spacial score (nSPS) is 10.6. The number of aliphatic hydroxyl groups is 1. The summed E-state index contributed by atoms with van der Waals surface area (Å²) < 4.78 is 0. The minimum absolute atomic E-state index is 0.352. The summed E-state index contributed by atoms with van der Waals surface area (Å²) in [7, 11) is 0. The molecular weight excluding hydrogens is 88.1 g/mol. The van der Waals surface area contributed by atoms with Crippen molar-refractivity contribution in [1.29, 1.82) is 0 Å². The summed E-state index contributed by atoms with van der Waals surface area (Å²) in [4.78, 5) is 0. The van der Waals surface area contributed by atoms with Gasteiger partial charge in [0.15, 0.2) is 0 Å². The highest BCUT2D eigenvalue weighted by molar-refractivity contribution is 4.72. The van der Waals surface area contributed by atoms with Gasteiger partial charge in [-0.1, -0.05) is 6.08 Å². The first-order valence-electron chi connectivity index (χ1n) is 2.08. The molecule has 0 spiro atoms. The Morgan fingerprint density at radius 2 is 1.71 bits per heavy atom. The van der Waals surface area contributed by atoms with Crippen LogP contribution in [-0.4, -0.2) is 11.2 Å². The quantitative estimate of drug-likeness (QED) is 0.493. The lowest BCUT2D eigenvalue weighted by atomic mass is 10.4. The van der Waals surface area contributed by atoms with Crippen molar-refractivity contribution in [3.63, 3.8) is 0 Å². The molecule has 0 aliphatic heterocycles. The Bertz CT molecular complexity index is 39.4. The van der Waals surface area contributed by atoms with Crippen LogP contribution in [0.3, 0.4) is 0 Å². The topological polar surface area (TPSA) is 20.2 Å². The fourth-order valence-electron chi connectivity index (χ4n) is 0. The van der Waals surface area contributed by atoms with Crippen molar-refractivity contribution in [2.24, 2.45) is 0 Å². The molecule has 0 saturated carbocycles. The molecule has 7 heavy (non-hydrogen) atoms. The van der Waals surface area contributed by atoms with Crippen LogP contribution in [-0.2, 0) is 0 Å². The van der Waals surface area contributed by atoms with E-state index in [1.165, 1.54) is 6.08 Å². The van der Waals surface area contributed by atoms with Gasteiger partial charge in [0.2, 0.25) is 0 Å². The summed E-state index contributed by atoms with van der Waals surface area (Å²) in [5, 5.41) is 8.24. The van der Waals surface area contributed by atoms with E-state index in [-0.39, 0.29) is 6.10 Å². The Hall–Kier alpha value is -0.560. The van der Waals surface area contributed by atoms with Gasteiger partial charge in [0.1, 0.15) is 0 Å². The van der Waals surface area contributed by atoms with Gasteiger partial charge in [0.05, 0.1) is 6.10 Å². The maximum atomic E-state index is 8.24. The molecule has 0 aromatic heterocycles. The molecule has 42 valence electrons. The van der Waals surface area contributed by atoms with Crippen molar-refractivity contribution in [3.8, 4) is 0 Å². The van der Waals surface area contributed by atoms with Gasteiger partial charge in [0, 0.05) is 0 Å². The SMILES string of the molecule is C=C.C=CC(C)O. The third kappa shape index (κ3) is 31.0. The highest BCUT2D eigenvalue weighted by Gasteiger charge is 1.75. The van der Waals surface area contributed by atoms with E-state index < -0.39 is 0 Å². The Morgan fingerprint density at radius 3 is 1.71 bits per heavy atom. The number of hydrogen-bond acceptors (Lipinski definition) is 1. The molecule has 1 heteroatoms. The van der Waals surface area contributed by atoms with Crippen LogP contribution in [0.2, 0.25) is 0 Å². The van der Waals surface area contributed by atoms with E-state index in [4.69, 9.17) is 5.11 Å². The van der Waals surface area contributed by atoms with Gasteiger partial charge in [0.25, 0.3) is 0 Å². The molecule has 0 fully saturated rings. The van der Waals surface area contributed by atoms with Crippen LogP contribution in [0.5, 0.6) is 0 Å². The molecule has 1 N–H and O–H groups in total. The second-order valence-corrected chi connectivity index (χ2v) is 0.976. The predicted molar refractivity (Wildman–Crippen MR) is 33.1 cm³/mol. The van der Waals surface area contributed by atoms with Crippen molar-refractivity contribution in [1.82, 2.24) is 0 Å². The Kier molecular flexibility index (Phi) is 12.5. The van der Waals surface area contributed by atoms with Crippen molar-refractivity contribution >= 4 is 0 Å². The zero-order valence-electron chi connectivity index (χ0n) is 4.72. The summed E-state index contributed by atoms with van der Waals surface area (Å²) in [6.07, 6.45) is 1.12. The first kappa shape index (κ1) is 9.67. The van der Waals surface area contributed by atoms with Crippen LogP contribution in [0.25, 0.3) is 0 Å². The lowest BCUT2D eigenvalue weighted by Gasteiger charge is -1.84. The molecule has 0 aliphatic carbocycles. The standard InChI is InChI=1S/C4H8O.C2H4/c1-3-4(2)5;1-2/h3-5H,1H2,2H3;1-2H2. The molecule has 0 radical (unpaired) electrons. The fraction of sp³-hybridized carbons (Fsp3) is 0.333. The molecule has 0 aliphatic rings. The lowest BCUT2D eigenvalue weighted by Crippen LogP contribution is -1.88. The van der Waals surface area contributed by atoms with E-state index in [2.05, 4.69) is 19.7 Å². The smallest absolute Gasteiger partial charge is 0.0690 e. The first-order chi connectivity index (χ1) is 3.27. The zero-order chi connectivity index (χ0) is 6.28. The van der Waals surface area contributed by atoms with Crippen LogP contribution in [0.15, 0.2) is 25.8 Å². The van der Waals surface area contributed by atoms with E-state index in [0.717, 1.165) is 0 Å². The summed E-state index contributed by atoms with van der Waals surface area (Å²) in [5.74, 6) is 0. The average Bonchev–Trinajstić information content (AvgIpc) is 1.73. The van der Waals surface area contributed by atoms with E-state index in [1.54, 1.807) is 6.92 Å². The zero-order valence-corrected chi connectivity index (χ0v) is 4.72. The minimum atomic E-state index is -0.352. The van der Waals surface area contributed by atoms with Crippen LogP contribution in [0.1, 0.15) is 6.92 Å². The molecule has 0 rings (SSSR count). The van der Waals surface area contributed by atoms with Gasteiger partial charge in [-0.2, -0.15) is 0 Å². The first-order valence-corrected chi connectivity index (χ1v) is 2.08. The fourth-order valence-corrected chi connectivity index (χ4v) is 0. The van der Waals surface area contributed by atoms with Crippen LogP contribution >= 0.6 is 0 Å². The second-order valence-electron chi connectivity index (χ2n) is 0.976. The molecule has 1 nitrogen and oxygen atoms in total. The van der Waals surface area contributed by atoms with E-state index >= 15 is 0 Å². The maximum absolute atomic E-state index is 8.24. The summed E-state index contributed by atoms with van der Waals surface area (Å²) in [6, 6.07) is 0. The van der Waals surface area contributed by atoms with Crippen LogP contribution < -0.4 is 0 Å². The molecule has 1 unspecified atom stereocenters. The van der Waals surface area contributed by atoms with Crippen molar-refractivity contribution in [2.45, 2.75) is 13.0 Å². The Labute approximate surface area is 45.0 Å². The number of hydrogen-bond donors (Lipinski definition) is 1. The van der Waals surface area contributed by atoms with E-state index in [9.17, 15) is 0 Å². The van der Waals surface area contributed by atoms with E-state index in [0.29, 0.717) is 0 Å². The third-order valence-corrected chi connectivity index (χ3v) is 0.341. The molecule has 0 aromatic carbocycles. The average molecular weight is 100 g/mol. The summed E-state index contributed by atoms with van der Waals surface area (Å²) in [6.45, 7) is 11.0. The molecular formula is C6H12O. The Morgan fingerprint density at radius 1 is 1.57 bits per heavy atom. The minimum Gasteiger partial charge on any atom is -0.389 e. The highest BCUT2D eigenvalue weighted by Crippen LogP contribution is 1.73. The van der Waals surface area contributed by atoms with Crippen molar-refractivity contribution in [2.75, 3.05) is 0 Å². The van der Waals surface area contributed by atoms with Crippen molar-refractivity contribution in [3.05, 3.63) is 25.8 Å². The van der Waals surface area contributed by atoms with Gasteiger partial charge < -0.3 is 5.11 Å². The van der Waals surface area contributed by atoms with Crippen LogP contribution in [0, 0.1) is 0 Å². The number of rotatable bonds is 1. The highest BCUT2D eigenvalue weighted by atomic mass is 16.3. The second kappa shape index (κ2) is 9.06. The summed E-state index contributed by atoms with van der Waals surface area (Å²) in [5.41, 5.74) is 0. The molecule has 0 bridgehead atoms. The maximum Gasteiger partial charge on any atom is 0.0690 e. The van der Waals surface area contributed by atoms with Gasteiger partial charge in [-0.05, 0) is 6.92 Å². The lowest BCUT2D eigenvalue weighted by molar-refractivity contribution is 0.244.